The smallest absolute Gasteiger partial charge is 0.278 e. The molecule has 8 heteroatoms. The number of likely N-dealkylation sites (N-methyl/N-ethyl adjacent to an activating group) is 1. The molecule has 0 unspecified atom stereocenters. The summed E-state index contributed by atoms with van der Waals surface area (Å²) in [5.41, 5.74) is 1.15. The number of methoxy groups -OCH3 is 1. The molecule has 0 saturated heterocycles. The molecule has 0 radical (unpaired) electrons. The van der Waals surface area contributed by atoms with Crippen LogP contribution in [0.5, 0.6) is 0 Å². The highest BCUT2D eigenvalue weighted by Crippen LogP contribution is 2.31. The Kier molecular flexibility index (Phi) is 5.42. The molecular weight excluding hydrogens is 300 g/mol. The van der Waals surface area contributed by atoms with Crippen molar-refractivity contribution in [3.63, 3.8) is 0 Å². The Morgan fingerprint density at radius 3 is 2.91 bits per heavy atom. The van der Waals surface area contributed by atoms with Gasteiger partial charge in [-0.2, -0.15) is 0 Å². The largest absolute Gasteiger partial charge is 0.383 e. The van der Waals surface area contributed by atoms with E-state index >= 15 is 0 Å². The van der Waals surface area contributed by atoms with Gasteiger partial charge in [0.2, 0.25) is 5.91 Å². The summed E-state index contributed by atoms with van der Waals surface area (Å²) in [5.74, 6) is -0.160. The standard InChI is InChI=1S/C15H18N4O4/c1-18(10-14(20)16-8-9-23-2)13-6-5-12(19(21)22)11-4-3-7-17-15(11)13/h3-7H,8-10H2,1-2H3,(H,16,20). The quantitative estimate of drug-likeness (QED) is 0.470. The van der Waals surface area contributed by atoms with E-state index in [-0.39, 0.29) is 18.1 Å². The number of hydrogen-bond acceptors (Lipinski definition) is 6. The first kappa shape index (κ1) is 16.6. The number of nitro groups is 1. The maximum absolute atomic E-state index is 11.9. The monoisotopic (exact) mass is 318 g/mol. The van der Waals surface area contributed by atoms with Crippen molar-refractivity contribution in [2.75, 3.05) is 38.8 Å². The number of benzene rings is 1. The molecule has 122 valence electrons. The Morgan fingerprint density at radius 2 is 2.22 bits per heavy atom. The van der Waals surface area contributed by atoms with Crippen LogP contribution in [-0.4, -0.2) is 49.7 Å². The zero-order valence-corrected chi connectivity index (χ0v) is 13.0. The highest BCUT2D eigenvalue weighted by molar-refractivity contribution is 5.98. The Labute approximate surface area is 133 Å². The lowest BCUT2D eigenvalue weighted by atomic mass is 10.1. The zero-order chi connectivity index (χ0) is 16.8. The summed E-state index contributed by atoms with van der Waals surface area (Å²) in [6.45, 7) is 0.993. The third kappa shape index (κ3) is 3.92. The summed E-state index contributed by atoms with van der Waals surface area (Å²) in [7, 11) is 3.30. The minimum absolute atomic E-state index is 0.00482. The van der Waals surface area contributed by atoms with Crippen LogP contribution < -0.4 is 10.2 Å². The number of rotatable bonds is 7. The molecule has 2 rings (SSSR count). The Hall–Kier alpha value is -2.74. The topological polar surface area (TPSA) is 97.6 Å². The van der Waals surface area contributed by atoms with Gasteiger partial charge in [-0.1, -0.05) is 0 Å². The first-order chi connectivity index (χ1) is 11.0. The van der Waals surface area contributed by atoms with E-state index in [2.05, 4.69) is 10.3 Å². The number of amides is 1. The van der Waals surface area contributed by atoms with Gasteiger partial charge in [0.15, 0.2) is 0 Å². The third-order valence-corrected chi connectivity index (χ3v) is 3.34. The number of ether oxygens (including phenoxy) is 1. The molecule has 1 amide bonds. The molecule has 23 heavy (non-hydrogen) atoms. The summed E-state index contributed by atoms with van der Waals surface area (Å²) < 4.78 is 4.87. The van der Waals surface area contributed by atoms with E-state index in [1.807, 2.05) is 0 Å². The number of carbonyl (C=O) groups excluding carboxylic acids is 1. The fourth-order valence-electron chi connectivity index (χ4n) is 2.26. The van der Waals surface area contributed by atoms with Crippen molar-refractivity contribution in [3.05, 3.63) is 40.6 Å². The minimum atomic E-state index is -0.439. The van der Waals surface area contributed by atoms with Crippen LogP contribution in [0.25, 0.3) is 10.9 Å². The van der Waals surface area contributed by atoms with Gasteiger partial charge < -0.3 is 15.0 Å². The van der Waals surface area contributed by atoms with Crippen molar-refractivity contribution in [2.45, 2.75) is 0 Å². The van der Waals surface area contributed by atoms with Crippen LogP contribution in [-0.2, 0) is 9.53 Å². The van der Waals surface area contributed by atoms with Crippen molar-refractivity contribution in [3.8, 4) is 0 Å². The number of nitrogens with one attached hydrogen (secondary N) is 1. The van der Waals surface area contributed by atoms with Gasteiger partial charge in [-0.25, -0.2) is 0 Å². The van der Waals surface area contributed by atoms with Gasteiger partial charge in [0.25, 0.3) is 5.69 Å². The van der Waals surface area contributed by atoms with Gasteiger partial charge in [0.05, 0.1) is 29.1 Å². The average Bonchev–Trinajstić information content (AvgIpc) is 2.53. The highest BCUT2D eigenvalue weighted by atomic mass is 16.6. The van der Waals surface area contributed by atoms with Crippen LogP contribution in [0, 0.1) is 10.1 Å². The fourth-order valence-corrected chi connectivity index (χ4v) is 2.26. The van der Waals surface area contributed by atoms with Crippen LogP contribution in [0.15, 0.2) is 30.5 Å². The number of fused-ring (bicyclic) bond motifs is 1. The van der Waals surface area contributed by atoms with Crippen molar-refractivity contribution < 1.29 is 14.5 Å². The van der Waals surface area contributed by atoms with Crippen LogP contribution in [0.4, 0.5) is 11.4 Å². The summed E-state index contributed by atoms with van der Waals surface area (Å²) in [5, 5.41) is 14.3. The molecule has 0 aliphatic heterocycles. The molecule has 0 bridgehead atoms. The maximum atomic E-state index is 11.9. The van der Waals surface area contributed by atoms with E-state index in [0.29, 0.717) is 29.7 Å². The molecule has 0 saturated carbocycles. The van der Waals surface area contributed by atoms with Crippen molar-refractivity contribution >= 4 is 28.2 Å². The lowest BCUT2D eigenvalue weighted by molar-refractivity contribution is -0.383. The molecule has 0 spiro atoms. The van der Waals surface area contributed by atoms with Crippen LogP contribution in [0.1, 0.15) is 0 Å². The maximum Gasteiger partial charge on any atom is 0.278 e. The normalized spacial score (nSPS) is 10.5. The van der Waals surface area contributed by atoms with Gasteiger partial charge >= 0.3 is 0 Å². The molecule has 0 aliphatic carbocycles. The lowest BCUT2D eigenvalue weighted by Crippen LogP contribution is -2.36. The summed E-state index contributed by atoms with van der Waals surface area (Å²) in [4.78, 5) is 28.5. The van der Waals surface area contributed by atoms with E-state index in [0.717, 1.165) is 0 Å². The predicted molar refractivity (Wildman–Crippen MR) is 86.6 cm³/mol. The second-order valence-corrected chi connectivity index (χ2v) is 4.96. The predicted octanol–water partition coefficient (Wildman–Crippen LogP) is 1.34. The van der Waals surface area contributed by atoms with Crippen LogP contribution in [0.3, 0.4) is 0 Å². The first-order valence-corrected chi connectivity index (χ1v) is 7.03. The molecule has 1 heterocycles. The molecule has 0 fully saturated rings. The molecule has 1 aromatic heterocycles. The van der Waals surface area contributed by atoms with Gasteiger partial charge in [-0.3, -0.25) is 19.9 Å². The van der Waals surface area contributed by atoms with Gasteiger partial charge in [-0.05, 0) is 18.2 Å². The first-order valence-electron chi connectivity index (χ1n) is 7.03. The SMILES string of the molecule is COCCNC(=O)CN(C)c1ccc([N+](=O)[O-])c2cccnc12. The van der Waals surface area contributed by atoms with Crippen LogP contribution in [0.2, 0.25) is 0 Å². The van der Waals surface area contributed by atoms with E-state index in [1.165, 1.54) is 6.07 Å². The zero-order valence-electron chi connectivity index (χ0n) is 13.0. The number of nitro benzene ring substituents is 1. The molecule has 1 aromatic carbocycles. The number of hydrogen-bond donors (Lipinski definition) is 1. The number of pyridine rings is 1. The number of anilines is 1. The number of aromatic nitrogens is 1. The summed E-state index contributed by atoms with van der Waals surface area (Å²) >= 11 is 0. The van der Waals surface area contributed by atoms with E-state index < -0.39 is 4.92 Å². The minimum Gasteiger partial charge on any atom is -0.383 e. The van der Waals surface area contributed by atoms with Crippen molar-refractivity contribution in [2.24, 2.45) is 0 Å². The van der Waals surface area contributed by atoms with Crippen molar-refractivity contribution in [1.82, 2.24) is 10.3 Å². The van der Waals surface area contributed by atoms with Crippen LogP contribution >= 0.6 is 0 Å². The lowest BCUT2D eigenvalue weighted by Gasteiger charge is -2.20. The number of nitrogens with zero attached hydrogens (tertiary/aromatic N) is 3. The Balaban J connectivity index is 2.24. The Morgan fingerprint density at radius 1 is 1.43 bits per heavy atom. The second kappa shape index (κ2) is 7.50. The van der Waals surface area contributed by atoms with E-state index in [4.69, 9.17) is 4.74 Å². The van der Waals surface area contributed by atoms with Gasteiger partial charge in [-0.15, -0.1) is 0 Å². The van der Waals surface area contributed by atoms with Gasteiger partial charge in [0, 0.05) is 33.0 Å². The fraction of sp³-hybridized carbons (Fsp3) is 0.333. The summed E-state index contributed by atoms with van der Waals surface area (Å²) in [6.07, 6.45) is 1.57. The highest BCUT2D eigenvalue weighted by Gasteiger charge is 2.17. The number of carbonyl (C=O) groups is 1. The van der Waals surface area contributed by atoms with E-state index in [1.54, 1.807) is 43.5 Å². The summed E-state index contributed by atoms with van der Waals surface area (Å²) in [6, 6.07) is 6.33. The molecular formula is C15H18N4O4. The number of non-ortho nitro benzene ring substituents is 1. The van der Waals surface area contributed by atoms with Crippen molar-refractivity contribution in [1.29, 1.82) is 0 Å². The average molecular weight is 318 g/mol. The molecule has 0 aliphatic rings. The Bertz CT molecular complexity index is 720. The molecule has 1 N–H and O–H groups in total. The van der Waals surface area contributed by atoms with Gasteiger partial charge in [0.1, 0.15) is 5.52 Å². The molecule has 8 nitrogen and oxygen atoms in total. The second-order valence-electron chi connectivity index (χ2n) is 4.96. The molecule has 0 atom stereocenters. The van der Waals surface area contributed by atoms with E-state index in [9.17, 15) is 14.9 Å². The third-order valence-electron chi connectivity index (χ3n) is 3.34. The molecule has 2 aromatic rings.